The molecule has 9 nitrogen and oxygen atoms in total. The number of ether oxygens (including phenoxy) is 2. The largest absolute Gasteiger partial charge is 0.465 e. The Morgan fingerprint density at radius 2 is 1.79 bits per heavy atom. The molecular formula is C24H20N2O7S. The van der Waals surface area contributed by atoms with Gasteiger partial charge in [0.1, 0.15) is 28.7 Å². The number of methoxy groups -OCH3 is 1. The van der Waals surface area contributed by atoms with Gasteiger partial charge in [0, 0.05) is 16.7 Å². The Hall–Kier alpha value is -3.86. The van der Waals surface area contributed by atoms with Gasteiger partial charge in [0.05, 0.1) is 37.2 Å². The average Bonchev–Trinajstić information content (AvgIpc) is 3.24. The first kappa shape index (κ1) is 23.3. The Morgan fingerprint density at radius 1 is 1.00 bits per heavy atom. The molecule has 2 aromatic carbocycles. The van der Waals surface area contributed by atoms with Crippen LogP contribution in [0.2, 0.25) is 0 Å². The normalized spacial score (nSPS) is 10.8. The molecule has 34 heavy (non-hydrogen) atoms. The lowest BCUT2D eigenvalue weighted by Gasteiger charge is -2.10. The summed E-state index contributed by atoms with van der Waals surface area (Å²) in [6, 6.07) is 15.3. The van der Waals surface area contributed by atoms with Gasteiger partial charge in [-0.1, -0.05) is 0 Å². The number of nitrogens with one attached hydrogen (secondary N) is 1. The number of fused-ring (bicyclic) bond motifs is 1. The third-order valence-corrected chi connectivity index (χ3v) is 5.33. The fourth-order valence-electron chi connectivity index (χ4n) is 3.11. The SMILES string of the molecule is COOSc1ccc(Oc2cc(C(=O)Nc3ccc(C(=O)OC)cn3)cc3oc(C)cc23)cc1. The van der Waals surface area contributed by atoms with Crippen molar-refractivity contribution in [2.75, 3.05) is 19.5 Å². The van der Waals surface area contributed by atoms with Crippen LogP contribution < -0.4 is 10.1 Å². The summed E-state index contributed by atoms with van der Waals surface area (Å²) in [4.78, 5) is 34.0. The molecule has 4 aromatic rings. The molecule has 0 aliphatic rings. The van der Waals surface area contributed by atoms with Crippen LogP contribution in [0.25, 0.3) is 11.0 Å². The number of anilines is 1. The number of hydrogen-bond donors (Lipinski definition) is 1. The fourth-order valence-corrected chi connectivity index (χ4v) is 3.50. The first-order valence-electron chi connectivity index (χ1n) is 10.0. The Bertz CT molecular complexity index is 1320. The lowest BCUT2D eigenvalue weighted by atomic mass is 10.1. The summed E-state index contributed by atoms with van der Waals surface area (Å²) in [6.45, 7) is 1.82. The van der Waals surface area contributed by atoms with Gasteiger partial charge in [-0.3, -0.25) is 4.79 Å². The molecule has 0 unspecified atom stereocenters. The van der Waals surface area contributed by atoms with Crippen LogP contribution >= 0.6 is 12.0 Å². The second-order valence-corrected chi connectivity index (χ2v) is 7.79. The number of nitrogens with zero attached hydrogens (tertiary/aromatic N) is 1. The van der Waals surface area contributed by atoms with Crippen LogP contribution in [-0.4, -0.2) is 31.1 Å². The van der Waals surface area contributed by atoms with Gasteiger partial charge in [0.25, 0.3) is 5.91 Å². The zero-order valence-corrected chi connectivity index (χ0v) is 19.3. The van der Waals surface area contributed by atoms with E-state index in [0.29, 0.717) is 28.4 Å². The van der Waals surface area contributed by atoms with Crippen LogP contribution in [0.15, 0.2) is 70.1 Å². The van der Waals surface area contributed by atoms with Crippen LogP contribution in [0.5, 0.6) is 11.5 Å². The van der Waals surface area contributed by atoms with Crippen LogP contribution in [0.3, 0.4) is 0 Å². The third kappa shape index (κ3) is 5.37. The van der Waals surface area contributed by atoms with E-state index in [0.717, 1.165) is 22.3 Å². The minimum absolute atomic E-state index is 0.280. The highest BCUT2D eigenvalue weighted by molar-refractivity contribution is 7.94. The van der Waals surface area contributed by atoms with Crippen molar-refractivity contribution in [3.8, 4) is 11.5 Å². The number of furan rings is 1. The highest BCUT2D eigenvalue weighted by atomic mass is 32.2. The average molecular weight is 480 g/mol. The minimum Gasteiger partial charge on any atom is -0.465 e. The van der Waals surface area contributed by atoms with E-state index in [1.54, 1.807) is 24.3 Å². The quantitative estimate of drug-likeness (QED) is 0.150. The first-order chi connectivity index (χ1) is 16.5. The van der Waals surface area contributed by atoms with Crippen molar-refractivity contribution in [3.63, 3.8) is 0 Å². The summed E-state index contributed by atoms with van der Waals surface area (Å²) in [5.41, 5.74) is 1.10. The van der Waals surface area contributed by atoms with Gasteiger partial charge in [-0.15, -0.1) is 0 Å². The topological polar surface area (TPSA) is 109 Å². The van der Waals surface area contributed by atoms with Gasteiger partial charge in [-0.25, -0.2) is 14.7 Å². The molecule has 0 aliphatic heterocycles. The number of aryl methyl sites for hydroxylation is 1. The van der Waals surface area contributed by atoms with E-state index >= 15 is 0 Å². The molecule has 0 saturated carbocycles. The van der Waals surface area contributed by atoms with Gasteiger partial charge in [-0.2, -0.15) is 4.33 Å². The monoisotopic (exact) mass is 480 g/mol. The van der Waals surface area contributed by atoms with Crippen LogP contribution in [0, 0.1) is 6.92 Å². The zero-order chi connectivity index (χ0) is 24.1. The fraction of sp³-hybridized carbons (Fsp3) is 0.125. The Labute approximate surface area is 199 Å². The van der Waals surface area contributed by atoms with Crippen molar-refractivity contribution in [2.24, 2.45) is 0 Å². The minimum atomic E-state index is -0.511. The lowest BCUT2D eigenvalue weighted by Crippen LogP contribution is -2.13. The summed E-state index contributed by atoms with van der Waals surface area (Å²) in [6.07, 6.45) is 1.33. The van der Waals surface area contributed by atoms with Crippen LogP contribution in [0.4, 0.5) is 5.82 Å². The first-order valence-corrected chi connectivity index (χ1v) is 10.8. The number of rotatable bonds is 8. The molecule has 0 fully saturated rings. The summed E-state index contributed by atoms with van der Waals surface area (Å²) in [5.74, 6) is 1.07. The van der Waals surface area contributed by atoms with Gasteiger partial charge in [0.15, 0.2) is 0 Å². The third-order valence-electron chi connectivity index (χ3n) is 4.66. The summed E-state index contributed by atoms with van der Waals surface area (Å²) < 4.78 is 21.3. The number of hydrogen-bond acceptors (Lipinski definition) is 9. The number of esters is 1. The Balaban J connectivity index is 1.57. The molecule has 1 N–H and O–H groups in total. The molecular weight excluding hydrogens is 460 g/mol. The van der Waals surface area contributed by atoms with Crippen molar-refractivity contribution in [1.29, 1.82) is 0 Å². The van der Waals surface area contributed by atoms with E-state index in [4.69, 9.17) is 13.5 Å². The lowest BCUT2D eigenvalue weighted by molar-refractivity contribution is -0.160. The van der Waals surface area contributed by atoms with E-state index < -0.39 is 11.9 Å². The van der Waals surface area contributed by atoms with E-state index in [1.165, 1.54) is 32.5 Å². The van der Waals surface area contributed by atoms with E-state index in [2.05, 4.69) is 19.9 Å². The molecule has 10 heteroatoms. The predicted molar refractivity (Wildman–Crippen MR) is 125 cm³/mol. The standard InChI is InChI=1S/C24H20N2O7S/c1-14-10-19-20(31-14)11-16(23(27)26-22-9-4-15(13-25-22)24(28)29-2)12-21(19)32-17-5-7-18(8-6-17)34-33-30-3/h4-13H,1-3H3,(H,25,26,27). The highest BCUT2D eigenvalue weighted by Crippen LogP contribution is 2.34. The molecule has 0 atom stereocenters. The van der Waals surface area contributed by atoms with Crippen molar-refractivity contribution in [2.45, 2.75) is 11.8 Å². The summed E-state index contributed by atoms with van der Waals surface area (Å²) in [5, 5.41) is 3.44. The molecule has 2 heterocycles. The van der Waals surface area contributed by atoms with E-state index in [-0.39, 0.29) is 11.4 Å². The maximum Gasteiger partial charge on any atom is 0.339 e. The predicted octanol–water partition coefficient (Wildman–Crippen LogP) is 5.55. The molecule has 0 bridgehead atoms. The Kier molecular flexibility index (Phi) is 7.12. The van der Waals surface area contributed by atoms with Gasteiger partial charge < -0.3 is 19.2 Å². The van der Waals surface area contributed by atoms with Gasteiger partial charge in [-0.05, 0) is 61.5 Å². The maximum absolute atomic E-state index is 12.9. The van der Waals surface area contributed by atoms with E-state index in [1.807, 2.05) is 25.1 Å². The number of aromatic nitrogens is 1. The smallest absolute Gasteiger partial charge is 0.339 e. The number of carbonyl (C=O) groups is 2. The van der Waals surface area contributed by atoms with Crippen LogP contribution in [0.1, 0.15) is 26.5 Å². The number of carbonyl (C=O) groups excluding carboxylic acids is 2. The van der Waals surface area contributed by atoms with Crippen molar-refractivity contribution < 1.29 is 32.7 Å². The number of benzene rings is 2. The van der Waals surface area contributed by atoms with Gasteiger partial charge in [0.2, 0.25) is 0 Å². The zero-order valence-electron chi connectivity index (χ0n) is 18.5. The second kappa shape index (κ2) is 10.4. The van der Waals surface area contributed by atoms with E-state index in [9.17, 15) is 9.59 Å². The van der Waals surface area contributed by atoms with Gasteiger partial charge >= 0.3 is 5.97 Å². The number of amides is 1. The molecule has 0 saturated heterocycles. The molecule has 0 spiro atoms. The molecule has 4 rings (SSSR count). The van der Waals surface area contributed by atoms with Crippen molar-refractivity contribution >= 4 is 40.7 Å². The Morgan fingerprint density at radius 3 is 2.47 bits per heavy atom. The second-order valence-electron chi connectivity index (χ2n) is 7.01. The van der Waals surface area contributed by atoms with Crippen molar-refractivity contribution in [1.82, 2.24) is 4.98 Å². The van der Waals surface area contributed by atoms with Crippen LogP contribution in [-0.2, 0) is 14.0 Å². The number of pyridine rings is 1. The maximum atomic E-state index is 12.9. The molecule has 2 aromatic heterocycles. The molecule has 0 radical (unpaired) electrons. The summed E-state index contributed by atoms with van der Waals surface area (Å²) >= 11 is 1.07. The molecule has 0 aliphatic carbocycles. The molecule has 1 amide bonds. The summed E-state index contributed by atoms with van der Waals surface area (Å²) in [7, 11) is 2.71. The molecule has 174 valence electrons. The highest BCUT2D eigenvalue weighted by Gasteiger charge is 2.16. The van der Waals surface area contributed by atoms with Crippen molar-refractivity contribution in [3.05, 3.63) is 77.7 Å².